The Hall–Kier alpha value is -3.88. The largest absolute Gasteiger partial charge is 0.444 e. The Labute approximate surface area is 264 Å². The van der Waals surface area contributed by atoms with Crippen LogP contribution in [0.2, 0.25) is 25.7 Å². The molecule has 240 valence electrons. The second-order valence-electron chi connectivity index (χ2n) is 14.0. The van der Waals surface area contributed by atoms with Crippen LogP contribution in [0.25, 0.3) is 27.8 Å². The van der Waals surface area contributed by atoms with Gasteiger partial charge in [0.15, 0.2) is 0 Å². The third-order valence-electron chi connectivity index (χ3n) is 8.04. The topological polar surface area (TPSA) is 134 Å². The Bertz CT molecular complexity index is 1600. The lowest BCUT2D eigenvalue weighted by atomic mass is 9.90. The van der Waals surface area contributed by atoms with Gasteiger partial charge in [-0.1, -0.05) is 19.6 Å². The fourth-order valence-electron chi connectivity index (χ4n) is 5.92. The van der Waals surface area contributed by atoms with E-state index in [0.717, 1.165) is 28.2 Å². The molecule has 1 aromatic carbocycles. The van der Waals surface area contributed by atoms with Crippen LogP contribution in [-0.2, 0) is 20.9 Å². The summed E-state index contributed by atoms with van der Waals surface area (Å²) in [7, 11) is -1.20. The van der Waals surface area contributed by atoms with E-state index in [2.05, 4.69) is 50.3 Å². The standard InChI is InChI=1S/C31H43N9O4Si/c1-31(2,3)44-30(41)40-22-14-21(15-23(40)19-43-18-22)35-29-32-17-26(36-37-29)24-8-9-27(38-11-7-10-33-38)28-25(24)16-34-39(28)20-42-12-13-45(4,5)6/h7-11,16-17,21-23H,12-15,18-20H2,1-6H3,(H,32,35,37)/t21?,22-,23+. The van der Waals surface area contributed by atoms with Crippen molar-refractivity contribution in [3.8, 4) is 16.9 Å². The summed E-state index contributed by atoms with van der Waals surface area (Å²) in [4.78, 5) is 19.4. The molecule has 2 aliphatic rings. The fraction of sp³-hybridized carbons (Fsp3) is 0.548. The molecule has 0 saturated carbocycles. The van der Waals surface area contributed by atoms with Crippen LogP contribution in [0, 0.1) is 0 Å². The average Bonchev–Trinajstić information content (AvgIpc) is 3.65. The summed E-state index contributed by atoms with van der Waals surface area (Å²) < 4.78 is 21.2. The van der Waals surface area contributed by atoms with E-state index in [4.69, 9.17) is 14.2 Å². The molecule has 2 aliphatic heterocycles. The van der Waals surface area contributed by atoms with Crippen LogP contribution in [0.5, 0.6) is 0 Å². The highest BCUT2D eigenvalue weighted by Crippen LogP contribution is 2.33. The first-order valence-corrected chi connectivity index (χ1v) is 19.3. The van der Waals surface area contributed by atoms with Gasteiger partial charge in [-0.25, -0.2) is 19.1 Å². The molecule has 3 aromatic heterocycles. The second kappa shape index (κ2) is 12.5. The normalized spacial score (nSPS) is 20.4. The molecule has 0 radical (unpaired) electrons. The Morgan fingerprint density at radius 2 is 1.87 bits per heavy atom. The van der Waals surface area contributed by atoms with Crippen molar-refractivity contribution in [2.45, 2.75) is 89.8 Å². The number of nitrogens with one attached hydrogen (secondary N) is 1. The van der Waals surface area contributed by atoms with Crippen molar-refractivity contribution in [1.29, 1.82) is 0 Å². The minimum atomic E-state index is -1.20. The van der Waals surface area contributed by atoms with Crippen molar-refractivity contribution in [3.63, 3.8) is 0 Å². The van der Waals surface area contributed by atoms with Gasteiger partial charge >= 0.3 is 6.09 Å². The van der Waals surface area contributed by atoms with Gasteiger partial charge in [0.1, 0.15) is 18.0 Å². The van der Waals surface area contributed by atoms with E-state index in [9.17, 15) is 4.79 Å². The van der Waals surface area contributed by atoms with Gasteiger partial charge in [-0.15, -0.1) is 10.2 Å². The Balaban J connectivity index is 1.19. The van der Waals surface area contributed by atoms with Gasteiger partial charge in [0.05, 0.1) is 48.9 Å². The highest BCUT2D eigenvalue weighted by atomic mass is 28.3. The Kier molecular flexibility index (Phi) is 8.63. The quantitative estimate of drug-likeness (QED) is 0.199. The lowest BCUT2D eigenvalue weighted by Crippen LogP contribution is -2.61. The Morgan fingerprint density at radius 3 is 2.51 bits per heavy atom. The molecule has 13 nitrogen and oxygen atoms in total. The zero-order chi connectivity index (χ0) is 31.8. The number of ether oxygens (including phenoxy) is 3. The summed E-state index contributed by atoms with van der Waals surface area (Å²) in [5, 5.41) is 22.5. The molecule has 2 fully saturated rings. The maximum atomic E-state index is 12.9. The van der Waals surface area contributed by atoms with Crippen molar-refractivity contribution >= 4 is 31.0 Å². The molecular weight excluding hydrogens is 590 g/mol. The number of anilines is 1. The number of hydrogen-bond acceptors (Lipinski definition) is 10. The van der Waals surface area contributed by atoms with Crippen molar-refractivity contribution in [1.82, 2.24) is 39.6 Å². The maximum Gasteiger partial charge on any atom is 0.410 e. The van der Waals surface area contributed by atoms with Crippen molar-refractivity contribution < 1.29 is 19.0 Å². The zero-order valence-electron chi connectivity index (χ0n) is 26.9. The number of piperidine rings is 1. The van der Waals surface area contributed by atoms with E-state index in [1.807, 2.05) is 65.6 Å². The summed E-state index contributed by atoms with van der Waals surface area (Å²) in [5.74, 6) is 0.448. The van der Waals surface area contributed by atoms with Crippen LogP contribution >= 0.6 is 0 Å². The molecule has 2 bridgehead atoms. The Morgan fingerprint density at radius 1 is 1.09 bits per heavy atom. The molecule has 0 aliphatic carbocycles. The second-order valence-corrected chi connectivity index (χ2v) is 19.7. The number of fused-ring (bicyclic) bond motifs is 3. The van der Waals surface area contributed by atoms with Crippen molar-refractivity contribution in [2.24, 2.45) is 0 Å². The predicted octanol–water partition coefficient (Wildman–Crippen LogP) is 4.97. The minimum Gasteiger partial charge on any atom is -0.444 e. The molecule has 3 atom stereocenters. The van der Waals surface area contributed by atoms with Crippen LogP contribution in [0.1, 0.15) is 33.6 Å². The van der Waals surface area contributed by atoms with E-state index in [1.165, 1.54) is 0 Å². The summed E-state index contributed by atoms with van der Waals surface area (Å²) >= 11 is 0. The molecule has 14 heteroatoms. The molecule has 1 amide bonds. The molecule has 4 aromatic rings. The van der Waals surface area contributed by atoms with E-state index in [1.54, 1.807) is 12.4 Å². The van der Waals surface area contributed by atoms with Crippen molar-refractivity contribution in [2.75, 3.05) is 25.1 Å². The van der Waals surface area contributed by atoms with Gasteiger partial charge in [-0.2, -0.15) is 10.2 Å². The van der Waals surface area contributed by atoms with Crippen LogP contribution in [0.3, 0.4) is 0 Å². The number of morpholine rings is 1. The predicted molar refractivity (Wildman–Crippen MR) is 173 cm³/mol. The van der Waals surface area contributed by atoms with Crippen LogP contribution in [0.15, 0.2) is 43.0 Å². The van der Waals surface area contributed by atoms with Gasteiger partial charge in [-0.3, -0.25) is 4.90 Å². The molecule has 1 unspecified atom stereocenters. The van der Waals surface area contributed by atoms with E-state index in [-0.39, 0.29) is 24.2 Å². The monoisotopic (exact) mass is 633 g/mol. The number of rotatable bonds is 9. The minimum absolute atomic E-state index is 0.0743. The highest BCUT2D eigenvalue weighted by Gasteiger charge is 2.43. The first-order chi connectivity index (χ1) is 21.4. The zero-order valence-corrected chi connectivity index (χ0v) is 27.9. The van der Waals surface area contributed by atoms with Gasteiger partial charge in [0.2, 0.25) is 5.95 Å². The lowest BCUT2D eigenvalue weighted by molar-refractivity contribution is -0.0804. The summed E-state index contributed by atoms with van der Waals surface area (Å²) in [6.07, 6.45) is 8.37. The molecule has 6 rings (SSSR count). The molecular formula is C31H43N9O4Si. The molecule has 2 saturated heterocycles. The van der Waals surface area contributed by atoms with E-state index in [0.29, 0.717) is 51.0 Å². The van der Waals surface area contributed by atoms with E-state index >= 15 is 0 Å². The number of amides is 1. The van der Waals surface area contributed by atoms with Gasteiger partial charge < -0.3 is 19.5 Å². The summed E-state index contributed by atoms with van der Waals surface area (Å²) in [6, 6.07) is 6.93. The van der Waals surface area contributed by atoms with Crippen molar-refractivity contribution in [3.05, 3.63) is 43.0 Å². The average molecular weight is 634 g/mol. The van der Waals surface area contributed by atoms with Crippen LogP contribution < -0.4 is 5.32 Å². The number of carbonyl (C=O) groups is 1. The smallest absolute Gasteiger partial charge is 0.410 e. The number of hydrogen-bond donors (Lipinski definition) is 1. The highest BCUT2D eigenvalue weighted by molar-refractivity contribution is 6.76. The van der Waals surface area contributed by atoms with Gasteiger partial charge in [0.25, 0.3) is 0 Å². The number of aromatic nitrogens is 7. The van der Waals surface area contributed by atoms with E-state index < -0.39 is 13.7 Å². The number of benzene rings is 1. The maximum absolute atomic E-state index is 12.9. The third-order valence-corrected chi connectivity index (χ3v) is 9.74. The first-order valence-electron chi connectivity index (χ1n) is 15.6. The van der Waals surface area contributed by atoms with Crippen LogP contribution in [0.4, 0.5) is 10.7 Å². The number of nitrogens with zero attached hydrogens (tertiary/aromatic N) is 8. The summed E-state index contributed by atoms with van der Waals surface area (Å²) in [6.45, 7) is 14.7. The van der Waals surface area contributed by atoms with Gasteiger partial charge in [0, 0.05) is 44.1 Å². The summed E-state index contributed by atoms with van der Waals surface area (Å²) in [5.41, 5.74) is 2.77. The fourth-order valence-corrected chi connectivity index (χ4v) is 6.68. The first kappa shape index (κ1) is 31.1. The molecule has 45 heavy (non-hydrogen) atoms. The lowest BCUT2D eigenvalue weighted by Gasteiger charge is -2.48. The third kappa shape index (κ3) is 7.18. The number of carbonyl (C=O) groups excluding carboxylic acids is 1. The molecule has 5 heterocycles. The molecule has 1 N–H and O–H groups in total. The molecule has 0 spiro atoms. The SMILES string of the molecule is CC(C)(C)OC(=O)N1[C@@H]2COC[C@H]1CC(Nc1ncc(-c3ccc(-n4cccn4)c4c3cnn4COCC[Si](C)(C)C)nn1)C2. The van der Waals surface area contributed by atoms with Crippen LogP contribution in [-0.4, -0.2) is 97.4 Å². The van der Waals surface area contributed by atoms with Gasteiger partial charge in [-0.05, 0) is 57.9 Å².